The molecule has 1 aromatic rings. The Morgan fingerprint density at radius 3 is 2.37 bits per heavy atom. The van der Waals surface area contributed by atoms with Crippen molar-refractivity contribution < 1.29 is 9.59 Å². The van der Waals surface area contributed by atoms with E-state index >= 15 is 0 Å². The molecule has 0 aromatic heterocycles. The van der Waals surface area contributed by atoms with Gasteiger partial charge in [-0.25, -0.2) is 0 Å². The first-order valence-corrected chi connectivity index (χ1v) is 7.54. The van der Waals surface area contributed by atoms with Crippen LogP contribution >= 0.6 is 15.9 Å². The third-order valence-corrected chi connectivity index (χ3v) is 4.87. The Bertz CT molecular complexity index is 519. The number of carbonyl (C=O) groups is 2. The molecule has 2 atom stereocenters. The van der Waals surface area contributed by atoms with Gasteiger partial charge < -0.3 is 0 Å². The minimum atomic E-state index is -0.0866. The van der Waals surface area contributed by atoms with Gasteiger partial charge in [0.2, 0.25) is 11.8 Å². The van der Waals surface area contributed by atoms with Gasteiger partial charge in [0.25, 0.3) is 0 Å². The van der Waals surface area contributed by atoms with Crippen LogP contribution in [0.3, 0.4) is 0 Å². The number of amides is 2. The molecule has 0 N–H and O–H groups in total. The van der Waals surface area contributed by atoms with Crippen LogP contribution in [0.2, 0.25) is 0 Å². The number of fused-ring (bicyclic) bond motifs is 1. The zero-order valence-corrected chi connectivity index (χ0v) is 12.4. The predicted octanol–water partition coefficient (Wildman–Crippen LogP) is 3.37. The minimum absolute atomic E-state index is 0.0101. The molecule has 2 unspecified atom stereocenters. The van der Waals surface area contributed by atoms with E-state index in [2.05, 4.69) is 22.9 Å². The van der Waals surface area contributed by atoms with E-state index in [9.17, 15) is 9.59 Å². The molecule has 0 radical (unpaired) electrons. The van der Waals surface area contributed by atoms with Gasteiger partial charge in [0.1, 0.15) is 0 Å². The first kappa shape index (κ1) is 12.9. The van der Waals surface area contributed by atoms with Gasteiger partial charge in [0.05, 0.1) is 17.5 Å². The lowest BCUT2D eigenvalue weighted by atomic mass is 10.00. The summed E-state index contributed by atoms with van der Waals surface area (Å²) in [5, 5.41) is 0. The average molecular weight is 322 g/mol. The lowest BCUT2D eigenvalue weighted by Gasteiger charge is -2.17. The zero-order chi connectivity index (χ0) is 13.6. The number of benzene rings is 1. The van der Waals surface area contributed by atoms with Crippen LogP contribution in [0.4, 0.5) is 5.69 Å². The minimum Gasteiger partial charge on any atom is -0.274 e. The maximum atomic E-state index is 12.5. The van der Waals surface area contributed by atoms with E-state index in [1.165, 1.54) is 4.90 Å². The van der Waals surface area contributed by atoms with Crippen LogP contribution in [0.25, 0.3) is 0 Å². The number of rotatable bonds is 2. The molecule has 1 aliphatic carbocycles. The monoisotopic (exact) mass is 321 g/mol. The van der Waals surface area contributed by atoms with Crippen molar-refractivity contribution in [3.8, 4) is 0 Å². The summed E-state index contributed by atoms with van der Waals surface area (Å²) in [5.41, 5.74) is 0.687. The highest BCUT2D eigenvalue weighted by Gasteiger charge is 2.52. The van der Waals surface area contributed by atoms with E-state index in [0.29, 0.717) is 11.6 Å². The molecule has 2 aliphatic rings. The van der Waals surface area contributed by atoms with Crippen molar-refractivity contribution in [1.29, 1.82) is 0 Å². The van der Waals surface area contributed by atoms with E-state index in [4.69, 9.17) is 0 Å². The Morgan fingerprint density at radius 2 is 1.84 bits per heavy atom. The molecule has 1 heterocycles. The Balaban J connectivity index is 1.91. The largest absolute Gasteiger partial charge is 0.274 e. The molecule has 4 heteroatoms. The lowest BCUT2D eigenvalue weighted by Crippen LogP contribution is -2.32. The summed E-state index contributed by atoms with van der Waals surface area (Å²) in [6.07, 6.45) is 2.80. The van der Waals surface area contributed by atoms with E-state index in [-0.39, 0.29) is 23.7 Å². The van der Waals surface area contributed by atoms with Gasteiger partial charge in [-0.3, -0.25) is 14.5 Å². The number of hydrogen-bond acceptors (Lipinski definition) is 2. The van der Waals surface area contributed by atoms with Crippen molar-refractivity contribution in [1.82, 2.24) is 0 Å². The topological polar surface area (TPSA) is 37.4 Å². The summed E-state index contributed by atoms with van der Waals surface area (Å²) < 4.78 is 0.883. The lowest BCUT2D eigenvalue weighted by molar-refractivity contribution is -0.123. The molecule has 1 saturated heterocycles. The van der Waals surface area contributed by atoms with Crippen molar-refractivity contribution in [2.75, 3.05) is 4.90 Å². The summed E-state index contributed by atoms with van der Waals surface area (Å²) in [7, 11) is 0. The summed E-state index contributed by atoms with van der Waals surface area (Å²) in [5.74, 6) is 0.341. The van der Waals surface area contributed by atoms with Gasteiger partial charge in [0, 0.05) is 4.47 Å². The molecule has 1 aromatic carbocycles. The van der Waals surface area contributed by atoms with Gasteiger partial charge >= 0.3 is 0 Å². The van der Waals surface area contributed by atoms with Crippen LogP contribution in [0.5, 0.6) is 0 Å². The zero-order valence-electron chi connectivity index (χ0n) is 10.8. The van der Waals surface area contributed by atoms with Gasteiger partial charge in [0.15, 0.2) is 0 Å². The van der Waals surface area contributed by atoms with Crippen LogP contribution in [0, 0.1) is 17.8 Å². The summed E-state index contributed by atoms with van der Waals surface area (Å²) in [4.78, 5) is 26.3. The second-order valence-corrected chi connectivity index (χ2v) is 6.37. The molecule has 1 saturated carbocycles. The Labute approximate surface area is 121 Å². The fourth-order valence-corrected chi connectivity index (χ4v) is 3.72. The van der Waals surface area contributed by atoms with Gasteiger partial charge in [-0.2, -0.15) is 0 Å². The molecule has 0 spiro atoms. The summed E-state index contributed by atoms with van der Waals surface area (Å²) in [6, 6.07) is 7.39. The van der Waals surface area contributed by atoms with Crippen LogP contribution in [-0.2, 0) is 9.59 Å². The number of halogens is 1. The standard InChI is InChI=1S/C15H16BrNO2/c1-2-9-6-12-13(7-9)15(19)17(14(12)18)11-5-3-4-10(16)8-11/h3-5,8-9,12-13H,2,6-7H2,1H3. The second-order valence-electron chi connectivity index (χ2n) is 5.45. The second kappa shape index (κ2) is 4.75. The molecule has 3 nitrogen and oxygen atoms in total. The maximum absolute atomic E-state index is 12.5. The smallest absolute Gasteiger partial charge is 0.237 e. The average Bonchev–Trinajstić information content (AvgIpc) is 2.91. The highest BCUT2D eigenvalue weighted by atomic mass is 79.9. The molecule has 2 fully saturated rings. The molecular weight excluding hydrogens is 306 g/mol. The normalized spacial score (nSPS) is 30.0. The quantitative estimate of drug-likeness (QED) is 0.783. The SMILES string of the molecule is CCC1CC2C(=O)N(c3cccc(Br)c3)C(=O)C2C1. The Hall–Kier alpha value is -1.16. The van der Waals surface area contributed by atoms with Crippen molar-refractivity contribution in [3.05, 3.63) is 28.7 Å². The highest BCUT2D eigenvalue weighted by molar-refractivity contribution is 9.10. The number of hydrogen-bond donors (Lipinski definition) is 0. The van der Waals surface area contributed by atoms with E-state index in [0.717, 1.165) is 23.7 Å². The Morgan fingerprint density at radius 1 is 1.21 bits per heavy atom. The summed E-state index contributed by atoms with van der Waals surface area (Å²) >= 11 is 3.38. The van der Waals surface area contributed by atoms with Gasteiger partial charge in [-0.05, 0) is 37.0 Å². The van der Waals surface area contributed by atoms with Crippen LogP contribution in [-0.4, -0.2) is 11.8 Å². The molecule has 19 heavy (non-hydrogen) atoms. The van der Waals surface area contributed by atoms with E-state index in [1.54, 1.807) is 0 Å². The van der Waals surface area contributed by atoms with Gasteiger partial charge in [-0.1, -0.05) is 35.3 Å². The molecule has 3 rings (SSSR count). The Kier molecular flexibility index (Phi) is 3.21. The number of carbonyl (C=O) groups excluding carboxylic acids is 2. The number of anilines is 1. The molecule has 100 valence electrons. The first-order valence-electron chi connectivity index (χ1n) is 6.75. The summed E-state index contributed by atoms with van der Waals surface area (Å²) in [6.45, 7) is 2.13. The maximum Gasteiger partial charge on any atom is 0.237 e. The van der Waals surface area contributed by atoms with Crippen molar-refractivity contribution in [3.63, 3.8) is 0 Å². The fourth-order valence-electron chi connectivity index (χ4n) is 3.33. The van der Waals surface area contributed by atoms with Crippen molar-refractivity contribution in [2.24, 2.45) is 17.8 Å². The predicted molar refractivity (Wildman–Crippen MR) is 76.6 cm³/mol. The van der Waals surface area contributed by atoms with Gasteiger partial charge in [-0.15, -0.1) is 0 Å². The first-order chi connectivity index (χ1) is 9.11. The molecule has 2 amide bonds. The molecule has 1 aliphatic heterocycles. The van der Waals surface area contributed by atoms with Crippen LogP contribution in [0.15, 0.2) is 28.7 Å². The molecule has 0 bridgehead atoms. The third-order valence-electron chi connectivity index (χ3n) is 4.38. The number of nitrogens with zero attached hydrogens (tertiary/aromatic N) is 1. The third kappa shape index (κ3) is 2.02. The fraction of sp³-hybridized carbons (Fsp3) is 0.467. The van der Waals surface area contributed by atoms with E-state index < -0.39 is 0 Å². The van der Waals surface area contributed by atoms with E-state index in [1.807, 2.05) is 24.3 Å². The molecular formula is C15H16BrNO2. The number of imide groups is 1. The van der Waals surface area contributed by atoms with Crippen molar-refractivity contribution in [2.45, 2.75) is 26.2 Å². The van der Waals surface area contributed by atoms with Crippen LogP contribution in [0.1, 0.15) is 26.2 Å². The highest BCUT2D eigenvalue weighted by Crippen LogP contribution is 2.45. The van der Waals surface area contributed by atoms with Crippen molar-refractivity contribution >= 4 is 33.4 Å². The van der Waals surface area contributed by atoms with Crippen LogP contribution < -0.4 is 4.90 Å².